The van der Waals surface area contributed by atoms with Crippen molar-refractivity contribution in [1.82, 2.24) is 0 Å². The van der Waals surface area contributed by atoms with E-state index in [1.165, 1.54) is 14.2 Å². The van der Waals surface area contributed by atoms with Crippen LogP contribution in [-0.2, 0) is 28.4 Å². The molecular formula is C15H26O8. The molecule has 2 aliphatic heterocycles. The summed E-state index contributed by atoms with van der Waals surface area (Å²) in [6, 6.07) is 0. The molecule has 0 spiro atoms. The van der Waals surface area contributed by atoms with E-state index in [1.807, 2.05) is 13.8 Å². The Balaban J connectivity index is 2.18. The highest BCUT2D eigenvalue weighted by Crippen LogP contribution is 2.42. The van der Waals surface area contributed by atoms with E-state index in [4.69, 9.17) is 28.4 Å². The average Bonchev–Trinajstić information content (AvgIpc) is 2.90. The van der Waals surface area contributed by atoms with Gasteiger partial charge in [-0.1, -0.05) is 13.8 Å². The Bertz CT molecular complexity index is 408. The molecule has 2 saturated heterocycles. The molecule has 0 aromatic rings. The van der Waals surface area contributed by atoms with Gasteiger partial charge >= 0.3 is 6.16 Å². The molecule has 2 rings (SSSR count). The van der Waals surface area contributed by atoms with E-state index in [1.54, 1.807) is 7.11 Å². The van der Waals surface area contributed by atoms with Gasteiger partial charge in [0, 0.05) is 33.2 Å². The quantitative estimate of drug-likeness (QED) is 0.560. The third-order valence-corrected chi connectivity index (χ3v) is 4.65. The van der Waals surface area contributed by atoms with E-state index < -0.39 is 36.2 Å². The van der Waals surface area contributed by atoms with Crippen LogP contribution < -0.4 is 0 Å². The van der Waals surface area contributed by atoms with Crippen molar-refractivity contribution < 1.29 is 38.3 Å². The maximum absolute atomic E-state index is 11.1. The number of hydrogen-bond donors (Lipinski definition) is 1. The van der Waals surface area contributed by atoms with Gasteiger partial charge in [-0.05, 0) is 0 Å². The van der Waals surface area contributed by atoms with Crippen molar-refractivity contribution in [3.05, 3.63) is 0 Å². The van der Waals surface area contributed by atoms with Gasteiger partial charge < -0.3 is 33.5 Å². The standard InChI is InChI=1S/C15H26O8/c1-15(2)9(6-8-7-21-14(17)22-8)23-11(13(19-4)20-5)10(16)12(15)18-3/h8-13,16H,6-7H2,1-5H3/t8-,9+,10-,11-,12+/m0/s1. The minimum atomic E-state index is -0.918. The number of cyclic esters (lactones) is 2. The summed E-state index contributed by atoms with van der Waals surface area (Å²) in [5, 5.41) is 10.6. The van der Waals surface area contributed by atoms with Crippen LogP contribution in [0, 0.1) is 5.41 Å². The second-order valence-corrected chi connectivity index (χ2v) is 6.43. The van der Waals surface area contributed by atoms with Crippen molar-refractivity contribution in [3.8, 4) is 0 Å². The lowest BCUT2D eigenvalue weighted by molar-refractivity contribution is -0.296. The Morgan fingerprint density at radius 3 is 2.43 bits per heavy atom. The fourth-order valence-corrected chi connectivity index (χ4v) is 3.35. The van der Waals surface area contributed by atoms with Crippen molar-refractivity contribution in [2.45, 2.75) is 57.1 Å². The minimum absolute atomic E-state index is 0.192. The molecule has 0 aromatic carbocycles. The molecule has 23 heavy (non-hydrogen) atoms. The van der Waals surface area contributed by atoms with Crippen LogP contribution in [0.25, 0.3) is 0 Å². The normalized spacial score (nSPS) is 36.8. The lowest BCUT2D eigenvalue weighted by atomic mass is 9.73. The van der Waals surface area contributed by atoms with E-state index in [-0.39, 0.29) is 18.8 Å². The average molecular weight is 334 g/mol. The molecule has 1 N–H and O–H groups in total. The molecule has 0 saturated carbocycles. The van der Waals surface area contributed by atoms with Crippen molar-refractivity contribution >= 4 is 6.16 Å². The summed E-state index contributed by atoms with van der Waals surface area (Å²) < 4.78 is 32.0. The molecule has 8 heteroatoms. The van der Waals surface area contributed by atoms with E-state index in [2.05, 4.69) is 0 Å². The number of hydrogen-bond acceptors (Lipinski definition) is 8. The summed E-state index contributed by atoms with van der Waals surface area (Å²) in [6.45, 7) is 4.08. The SMILES string of the molecule is COC(OC)[C@H]1O[C@H](C[C@H]2COC(=O)O2)C(C)(C)[C@H](OC)[C@H]1O. The summed E-state index contributed by atoms with van der Waals surface area (Å²) >= 11 is 0. The van der Waals surface area contributed by atoms with Gasteiger partial charge in [-0.25, -0.2) is 4.79 Å². The van der Waals surface area contributed by atoms with Gasteiger partial charge in [-0.3, -0.25) is 0 Å². The molecule has 8 nitrogen and oxygen atoms in total. The van der Waals surface area contributed by atoms with Crippen molar-refractivity contribution in [2.24, 2.45) is 5.41 Å². The first-order chi connectivity index (χ1) is 10.8. The highest BCUT2D eigenvalue weighted by Gasteiger charge is 2.53. The van der Waals surface area contributed by atoms with Gasteiger partial charge in [0.1, 0.15) is 24.9 Å². The minimum Gasteiger partial charge on any atom is -0.430 e. The highest BCUT2D eigenvalue weighted by atomic mass is 16.8. The van der Waals surface area contributed by atoms with E-state index in [0.29, 0.717) is 6.42 Å². The first kappa shape index (κ1) is 18.4. The van der Waals surface area contributed by atoms with E-state index in [0.717, 1.165) is 0 Å². The van der Waals surface area contributed by atoms with Crippen molar-refractivity contribution in [2.75, 3.05) is 27.9 Å². The molecule has 0 aliphatic carbocycles. The number of rotatable bonds is 6. The zero-order valence-corrected chi connectivity index (χ0v) is 14.2. The fourth-order valence-electron chi connectivity index (χ4n) is 3.35. The number of ether oxygens (including phenoxy) is 6. The second-order valence-electron chi connectivity index (χ2n) is 6.43. The zero-order valence-electron chi connectivity index (χ0n) is 14.2. The van der Waals surface area contributed by atoms with Crippen molar-refractivity contribution in [3.63, 3.8) is 0 Å². The van der Waals surface area contributed by atoms with Gasteiger partial charge in [0.05, 0.1) is 12.2 Å². The number of aliphatic hydroxyl groups excluding tert-OH is 1. The van der Waals surface area contributed by atoms with Crippen LogP contribution in [0.4, 0.5) is 4.79 Å². The molecule has 2 aliphatic rings. The first-order valence-electron chi connectivity index (χ1n) is 7.60. The maximum atomic E-state index is 11.1. The van der Waals surface area contributed by atoms with E-state index >= 15 is 0 Å². The Morgan fingerprint density at radius 2 is 1.96 bits per heavy atom. The largest absolute Gasteiger partial charge is 0.508 e. The molecule has 2 heterocycles. The van der Waals surface area contributed by atoms with Crippen molar-refractivity contribution in [1.29, 1.82) is 0 Å². The molecule has 2 fully saturated rings. The third-order valence-electron chi connectivity index (χ3n) is 4.65. The van der Waals surface area contributed by atoms with Gasteiger partial charge in [-0.2, -0.15) is 0 Å². The van der Waals surface area contributed by atoms with Gasteiger partial charge in [0.2, 0.25) is 0 Å². The highest BCUT2D eigenvalue weighted by molar-refractivity contribution is 5.61. The van der Waals surface area contributed by atoms with Crippen LogP contribution in [0.5, 0.6) is 0 Å². The maximum Gasteiger partial charge on any atom is 0.508 e. The summed E-state index contributed by atoms with van der Waals surface area (Å²) in [4.78, 5) is 11.1. The molecule has 0 radical (unpaired) electrons. The van der Waals surface area contributed by atoms with E-state index in [9.17, 15) is 9.90 Å². The van der Waals surface area contributed by atoms with Crippen LogP contribution in [-0.4, -0.2) is 76.0 Å². The van der Waals surface area contributed by atoms with Crippen LogP contribution in [0.1, 0.15) is 20.3 Å². The smallest absolute Gasteiger partial charge is 0.430 e. The molecule has 0 unspecified atom stereocenters. The molecule has 0 amide bonds. The Kier molecular flexibility index (Phi) is 5.85. The zero-order chi connectivity index (χ0) is 17.2. The van der Waals surface area contributed by atoms with Crippen LogP contribution >= 0.6 is 0 Å². The Hall–Kier alpha value is -0.930. The number of carbonyl (C=O) groups is 1. The number of carbonyl (C=O) groups excluding carboxylic acids is 1. The predicted octanol–water partition coefficient (Wildman–Crippen LogP) is 0.700. The summed E-state index contributed by atoms with van der Waals surface area (Å²) in [7, 11) is 4.50. The number of methoxy groups -OCH3 is 3. The summed E-state index contributed by atoms with van der Waals surface area (Å²) in [5.74, 6) is 0. The fraction of sp³-hybridized carbons (Fsp3) is 0.933. The van der Waals surface area contributed by atoms with Crippen LogP contribution in [0.3, 0.4) is 0 Å². The lowest BCUT2D eigenvalue weighted by Gasteiger charge is -2.51. The van der Waals surface area contributed by atoms with Gasteiger partial charge in [-0.15, -0.1) is 0 Å². The third kappa shape index (κ3) is 3.61. The predicted molar refractivity (Wildman–Crippen MR) is 77.9 cm³/mol. The van der Waals surface area contributed by atoms with Crippen LogP contribution in [0.2, 0.25) is 0 Å². The molecule has 5 atom stereocenters. The molecule has 134 valence electrons. The number of aliphatic hydroxyl groups is 1. The van der Waals surface area contributed by atoms with Gasteiger partial charge in [0.15, 0.2) is 6.29 Å². The Morgan fingerprint density at radius 1 is 1.30 bits per heavy atom. The summed E-state index contributed by atoms with van der Waals surface area (Å²) in [6.07, 6.45) is -3.82. The second kappa shape index (κ2) is 7.31. The van der Waals surface area contributed by atoms with Gasteiger partial charge in [0.25, 0.3) is 0 Å². The van der Waals surface area contributed by atoms with Crippen LogP contribution in [0.15, 0.2) is 0 Å². The molecule has 0 aromatic heterocycles. The molecule has 0 bridgehead atoms. The molecular weight excluding hydrogens is 308 g/mol. The monoisotopic (exact) mass is 334 g/mol. The first-order valence-corrected chi connectivity index (χ1v) is 7.60. The summed E-state index contributed by atoms with van der Waals surface area (Å²) in [5.41, 5.74) is -0.508. The topological polar surface area (TPSA) is 92.7 Å². The lowest BCUT2D eigenvalue weighted by Crippen LogP contribution is -2.63. The Labute approximate surface area is 135 Å².